The van der Waals surface area contributed by atoms with Gasteiger partial charge in [0.1, 0.15) is 0 Å². The summed E-state index contributed by atoms with van der Waals surface area (Å²) in [6, 6.07) is 0. The summed E-state index contributed by atoms with van der Waals surface area (Å²) < 4.78 is 0. The monoisotopic (exact) mass is 266 g/mol. The van der Waals surface area contributed by atoms with Crippen LogP contribution >= 0.6 is 0 Å². The average Bonchev–Trinajstić information content (AvgIpc) is 2.99. The Morgan fingerprint density at radius 1 is 1.16 bits per heavy atom. The highest BCUT2D eigenvalue weighted by molar-refractivity contribution is 5.05. The Morgan fingerprint density at radius 3 is 2.37 bits per heavy atom. The molecule has 0 aromatic carbocycles. The summed E-state index contributed by atoms with van der Waals surface area (Å²) in [7, 11) is 2.31. The number of hydrogen-bond acceptors (Lipinski definition) is 4. The van der Waals surface area contributed by atoms with Gasteiger partial charge in [-0.25, -0.2) is 0 Å². The quantitative estimate of drug-likeness (QED) is 0.783. The zero-order valence-electron chi connectivity index (χ0n) is 12.5. The van der Waals surface area contributed by atoms with Gasteiger partial charge in [-0.1, -0.05) is 0 Å². The lowest BCUT2D eigenvalue weighted by Crippen LogP contribution is -2.69. The number of hydrogen-bond donors (Lipinski definition) is 1. The fourth-order valence-corrected chi connectivity index (χ4v) is 4.48. The Bertz CT molecular complexity index is 295. The molecule has 4 heteroatoms. The van der Waals surface area contributed by atoms with Crippen LogP contribution in [0.15, 0.2) is 0 Å². The lowest BCUT2D eigenvalue weighted by Gasteiger charge is -2.57. The average molecular weight is 266 g/mol. The van der Waals surface area contributed by atoms with Crippen molar-refractivity contribution in [3.8, 4) is 0 Å². The molecule has 4 fully saturated rings. The molecule has 0 saturated carbocycles. The Labute approximate surface area is 117 Å². The molecule has 2 bridgehead atoms. The predicted molar refractivity (Wildman–Crippen MR) is 79.3 cm³/mol. The normalized spacial score (nSPS) is 39.3. The number of piperidine rings is 3. The largest absolute Gasteiger partial charge is 0.329 e. The van der Waals surface area contributed by atoms with Crippen LogP contribution in [0.4, 0.5) is 0 Å². The molecule has 4 aliphatic heterocycles. The summed E-state index contributed by atoms with van der Waals surface area (Å²) in [6.45, 7) is 9.64. The van der Waals surface area contributed by atoms with Crippen molar-refractivity contribution in [1.29, 1.82) is 0 Å². The van der Waals surface area contributed by atoms with Gasteiger partial charge in [0.2, 0.25) is 0 Å². The number of fused-ring (bicyclic) bond motifs is 3. The van der Waals surface area contributed by atoms with E-state index in [1.807, 2.05) is 0 Å². The molecule has 0 aliphatic carbocycles. The third-order valence-electron chi connectivity index (χ3n) is 5.91. The van der Waals surface area contributed by atoms with Crippen LogP contribution in [0.1, 0.15) is 25.7 Å². The molecule has 1 unspecified atom stereocenters. The first kappa shape index (κ1) is 13.8. The van der Waals surface area contributed by atoms with Crippen LogP contribution in [0.2, 0.25) is 0 Å². The van der Waals surface area contributed by atoms with E-state index in [1.165, 1.54) is 71.5 Å². The minimum atomic E-state index is 0.260. The highest BCUT2D eigenvalue weighted by Gasteiger charge is 2.48. The van der Waals surface area contributed by atoms with Gasteiger partial charge in [-0.15, -0.1) is 0 Å². The molecule has 0 radical (unpaired) electrons. The van der Waals surface area contributed by atoms with Crippen LogP contribution in [0.3, 0.4) is 0 Å². The molecule has 1 atom stereocenters. The van der Waals surface area contributed by atoms with Crippen LogP contribution in [-0.4, -0.2) is 79.6 Å². The second-order valence-electron chi connectivity index (χ2n) is 6.83. The highest BCUT2D eigenvalue weighted by Crippen LogP contribution is 2.38. The first-order valence-corrected chi connectivity index (χ1v) is 8.10. The summed E-state index contributed by atoms with van der Waals surface area (Å²) in [5.74, 6) is 0.825. The maximum atomic E-state index is 6.23. The van der Waals surface area contributed by atoms with Crippen LogP contribution in [0.25, 0.3) is 0 Å². The number of rotatable bonds is 5. The number of nitrogens with two attached hydrogens (primary N) is 1. The van der Waals surface area contributed by atoms with E-state index in [2.05, 4.69) is 21.7 Å². The van der Waals surface area contributed by atoms with E-state index in [0.29, 0.717) is 0 Å². The van der Waals surface area contributed by atoms with Gasteiger partial charge in [0.15, 0.2) is 0 Å². The Kier molecular flexibility index (Phi) is 4.13. The molecule has 4 nitrogen and oxygen atoms in total. The number of likely N-dealkylation sites (tertiary alicyclic amines) is 1. The molecule has 110 valence electrons. The summed E-state index contributed by atoms with van der Waals surface area (Å²) in [6.07, 6.45) is 5.49. The molecule has 0 aromatic heterocycles. The number of likely N-dealkylation sites (N-methyl/N-ethyl adjacent to an activating group) is 1. The second kappa shape index (κ2) is 5.68. The van der Waals surface area contributed by atoms with Crippen molar-refractivity contribution in [3.63, 3.8) is 0 Å². The molecule has 0 spiro atoms. The lowest BCUT2D eigenvalue weighted by molar-refractivity contribution is -0.0577. The van der Waals surface area contributed by atoms with Crippen molar-refractivity contribution < 1.29 is 0 Å². The van der Waals surface area contributed by atoms with Crippen molar-refractivity contribution in [2.45, 2.75) is 31.2 Å². The van der Waals surface area contributed by atoms with E-state index >= 15 is 0 Å². The Balaban J connectivity index is 1.60. The SMILES string of the molecule is CN(CCN1CCCC1)C1(CN)CN2CCC1CC2. The van der Waals surface area contributed by atoms with Gasteiger partial charge in [-0.05, 0) is 64.8 Å². The standard InChI is InChI=1S/C15H30N4/c1-17(10-11-18-6-2-3-7-18)15(12-16)13-19-8-4-14(15)5-9-19/h14H,2-13,16H2,1H3. The molecule has 4 rings (SSSR count). The summed E-state index contributed by atoms with van der Waals surface area (Å²) in [4.78, 5) is 7.84. The topological polar surface area (TPSA) is 35.7 Å². The maximum absolute atomic E-state index is 6.23. The highest BCUT2D eigenvalue weighted by atomic mass is 15.3. The van der Waals surface area contributed by atoms with E-state index in [4.69, 9.17) is 5.73 Å². The van der Waals surface area contributed by atoms with E-state index in [-0.39, 0.29) is 5.54 Å². The van der Waals surface area contributed by atoms with Gasteiger partial charge >= 0.3 is 0 Å². The molecule has 2 N–H and O–H groups in total. The van der Waals surface area contributed by atoms with Crippen LogP contribution in [0.5, 0.6) is 0 Å². The molecule has 4 aliphatic rings. The van der Waals surface area contributed by atoms with E-state index in [9.17, 15) is 0 Å². The first-order chi connectivity index (χ1) is 9.24. The third kappa shape index (κ3) is 2.56. The predicted octanol–water partition coefficient (Wildman–Crippen LogP) is 0.437. The van der Waals surface area contributed by atoms with Crippen LogP contribution < -0.4 is 5.73 Å². The van der Waals surface area contributed by atoms with Crippen molar-refractivity contribution in [2.24, 2.45) is 11.7 Å². The summed E-state index contributed by atoms with van der Waals surface area (Å²) >= 11 is 0. The zero-order valence-corrected chi connectivity index (χ0v) is 12.5. The van der Waals surface area contributed by atoms with E-state index in [1.54, 1.807) is 0 Å². The fourth-order valence-electron chi connectivity index (χ4n) is 4.48. The minimum Gasteiger partial charge on any atom is -0.329 e. The summed E-state index contributed by atoms with van der Waals surface area (Å²) in [5, 5.41) is 0. The van der Waals surface area contributed by atoms with Gasteiger partial charge in [-0.3, -0.25) is 4.90 Å². The zero-order chi connectivity index (χ0) is 13.3. The van der Waals surface area contributed by atoms with Gasteiger partial charge in [0, 0.05) is 31.7 Å². The van der Waals surface area contributed by atoms with Crippen molar-refractivity contribution in [1.82, 2.24) is 14.7 Å². The summed E-state index contributed by atoms with van der Waals surface area (Å²) in [5.41, 5.74) is 6.49. The van der Waals surface area contributed by atoms with E-state index in [0.717, 1.165) is 12.5 Å². The molecule has 0 aromatic rings. The van der Waals surface area contributed by atoms with Gasteiger partial charge in [0.25, 0.3) is 0 Å². The molecule has 19 heavy (non-hydrogen) atoms. The molecule has 4 saturated heterocycles. The Hall–Kier alpha value is -0.160. The maximum Gasteiger partial charge on any atom is 0.0485 e. The third-order valence-corrected chi connectivity index (χ3v) is 5.91. The van der Waals surface area contributed by atoms with Crippen molar-refractivity contribution in [2.75, 3.05) is 59.4 Å². The molecular weight excluding hydrogens is 236 g/mol. The first-order valence-electron chi connectivity index (χ1n) is 8.10. The van der Waals surface area contributed by atoms with Crippen molar-refractivity contribution >= 4 is 0 Å². The number of nitrogens with zero attached hydrogens (tertiary/aromatic N) is 3. The molecular formula is C15H30N4. The molecule has 0 amide bonds. The smallest absolute Gasteiger partial charge is 0.0485 e. The van der Waals surface area contributed by atoms with Gasteiger partial charge in [0.05, 0.1) is 0 Å². The van der Waals surface area contributed by atoms with Crippen LogP contribution in [-0.2, 0) is 0 Å². The van der Waals surface area contributed by atoms with Gasteiger partial charge in [-0.2, -0.15) is 0 Å². The lowest BCUT2D eigenvalue weighted by atomic mass is 9.72. The molecule has 4 heterocycles. The second-order valence-corrected chi connectivity index (χ2v) is 6.83. The van der Waals surface area contributed by atoms with Gasteiger partial charge < -0.3 is 15.5 Å². The minimum absolute atomic E-state index is 0.260. The Morgan fingerprint density at radius 2 is 1.84 bits per heavy atom. The van der Waals surface area contributed by atoms with Crippen LogP contribution in [0, 0.1) is 5.92 Å². The van der Waals surface area contributed by atoms with Crippen molar-refractivity contribution in [3.05, 3.63) is 0 Å². The van der Waals surface area contributed by atoms with E-state index < -0.39 is 0 Å². The fraction of sp³-hybridized carbons (Fsp3) is 1.00.